The molecule has 19 heavy (non-hydrogen) atoms. The van der Waals surface area contributed by atoms with Crippen LogP contribution in [0.25, 0.3) is 0 Å². The van der Waals surface area contributed by atoms with E-state index in [1.165, 1.54) is 12.8 Å². The highest BCUT2D eigenvalue weighted by Gasteiger charge is 2.34. The summed E-state index contributed by atoms with van der Waals surface area (Å²) in [5.74, 6) is 0.713. The molecule has 4 nitrogen and oxygen atoms in total. The number of rotatable bonds is 7. The third-order valence-corrected chi connectivity index (χ3v) is 6.46. The maximum atomic E-state index is 11.6. The summed E-state index contributed by atoms with van der Waals surface area (Å²) in [7, 11) is -0.696. The lowest BCUT2D eigenvalue weighted by Crippen LogP contribution is -2.45. The van der Waals surface area contributed by atoms with E-state index in [1.807, 2.05) is 0 Å². The fraction of sp³-hybridized carbons (Fsp3) is 1.00. The van der Waals surface area contributed by atoms with Gasteiger partial charge in [0.1, 0.15) is 0 Å². The summed E-state index contributed by atoms with van der Waals surface area (Å²) >= 11 is 0. The number of hydrogen-bond acceptors (Lipinski definition) is 4. The monoisotopic (exact) mass is 288 g/mol. The van der Waals surface area contributed by atoms with E-state index >= 15 is 0 Å². The summed E-state index contributed by atoms with van der Waals surface area (Å²) in [5.41, 5.74) is 0.240. The number of nitrogens with zero attached hydrogens (tertiary/aromatic N) is 1. The molecule has 1 N–H and O–H groups in total. The molecular weight excluding hydrogens is 260 g/mol. The molecule has 2 fully saturated rings. The topological polar surface area (TPSA) is 49.4 Å². The zero-order chi connectivity index (χ0) is 14.1. The average molecular weight is 288 g/mol. The minimum absolute atomic E-state index is 0.219. The summed E-state index contributed by atoms with van der Waals surface area (Å²) in [5, 5.41) is 3.62. The van der Waals surface area contributed by atoms with Gasteiger partial charge in [-0.25, -0.2) is 8.42 Å². The number of nitrogens with one attached hydrogen (secondary N) is 1. The maximum absolute atomic E-state index is 11.6. The molecule has 0 bridgehead atoms. The lowest BCUT2D eigenvalue weighted by Gasteiger charge is -2.36. The predicted molar refractivity (Wildman–Crippen MR) is 79.1 cm³/mol. The SMILES string of the molecule is CCC(C)(CNC1CC1)CN(C)C1CCS(=O)(=O)C1. The summed E-state index contributed by atoms with van der Waals surface area (Å²) < 4.78 is 23.1. The fourth-order valence-corrected chi connectivity index (χ4v) is 4.63. The van der Waals surface area contributed by atoms with Crippen LogP contribution in [-0.4, -0.2) is 57.0 Å². The molecule has 2 atom stereocenters. The quantitative estimate of drug-likeness (QED) is 0.766. The first-order chi connectivity index (χ1) is 8.84. The Labute approximate surface area is 117 Å². The first kappa shape index (κ1) is 15.3. The van der Waals surface area contributed by atoms with Crippen LogP contribution in [0.1, 0.15) is 39.5 Å². The van der Waals surface area contributed by atoms with E-state index in [4.69, 9.17) is 0 Å². The van der Waals surface area contributed by atoms with E-state index in [0.29, 0.717) is 11.5 Å². The third-order valence-electron chi connectivity index (χ3n) is 4.71. The predicted octanol–water partition coefficient (Wildman–Crippen LogP) is 1.27. The highest BCUT2D eigenvalue weighted by Crippen LogP contribution is 2.27. The van der Waals surface area contributed by atoms with E-state index in [2.05, 4.69) is 31.1 Å². The lowest BCUT2D eigenvalue weighted by atomic mass is 9.86. The van der Waals surface area contributed by atoms with Crippen LogP contribution in [0.2, 0.25) is 0 Å². The van der Waals surface area contributed by atoms with Crippen LogP contribution in [-0.2, 0) is 9.84 Å². The Kier molecular flexibility index (Phi) is 4.58. The van der Waals surface area contributed by atoms with Crippen molar-refractivity contribution in [2.24, 2.45) is 5.41 Å². The normalized spacial score (nSPS) is 29.6. The van der Waals surface area contributed by atoms with E-state index in [0.717, 1.165) is 32.0 Å². The van der Waals surface area contributed by atoms with Crippen molar-refractivity contribution >= 4 is 9.84 Å². The zero-order valence-electron chi connectivity index (χ0n) is 12.5. The van der Waals surface area contributed by atoms with Gasteiger partial charge in [0, 0.05) is 25.2 Å². The van der Waals surface area contributed by atoms with E-state index in [-0.39, 0.29) is 11.5 Å². The minimum Gasteiger partial charge on any atom is -0.313 e. The van der Waals surface area contributed by atoms with Crippen LogP contribution < -0.4 is 5.32 Å². The van der Waals surface area contributed by atoms with Gasteiger partial charge in [-0.05, 0) is 38.1 Å². The Morgan fingerprint density at radius 1 is 1.32 bits per heavy atom. The standard InChI is InChI=1S/C14H28N2O2S/c1-4-14(2,10-15-12-5-6-12)11-16(3)13-7-8-19(17,18)9-13/h12-13,15H,4-11H2,1-3H3. The fourth-order valence-electron chi connectivity index (χ4n) is 2.83. The Morgan fingerprint density at radius 3 is 2.47 bits per heavy atom. The number of sulfone groups is 1. The second-order valence-electron chi connectivity index (χ2n) is 6.79. The van der Waals surface area contributed by atoms with E-state index < -0.39 is 9.84 Å². The Balaban J connectivity index is 1.85. The highest BCUT2D eigenvalue weighted by atomic mass is 32.2. The Hall–Kier alpha value is -0.130. The summed E-state index contributed by atoms with van der Waals surface area (Å²) in [6, 6.07) is 0.958. The van der Waals surface area contributed by atoms with Gasteiger partial charge >= 0.3 is 0 Å². The molecule has 2 rings (SSSR count). The van der Waals surface area contributed by atoms with Crippen molar-refractivity contribution in [3.63, 3.8) is 0 Å². The lowest BCUT2D eigenvalue weighted by molar-refractivity contribution is 0.149. The van der Waals surface area contributed by atoms with Gasteiger partial charge in [0.25, 0.3) is 0 Å². The van der Waals surface area contributed by atoms with Gasteiger partial charge in [-0.2, -0.15) is 0 Å². The Bertz CT molecular complexity index is 406. The van der Waals surface area contributed by atoms with Gasteiger partial charge in [-0.3, -0.25) is 0 Å². The van der Waals surface area contributed by atoms with Crippen molar-refractivity contribution in [1.82, 2.24) is 10.2 Å². The van der Waals surface area contributed by atoms with Gasteiger partial charge < -0.3 is 10.2 Å². The smallest absolute Gasteiger partial charge is 0.151 e. The molecule has 0 aromatic carbocycles. The molecular formula is C14H28N2O2S. The van der Waals surface area contributed by atoms with Crippen molar-refractivity contribution in [2.45, 2.75) is 51.6 Å². The second-order valence-corrected chi connectivity index (χ2v) is 9.02. The summed E-state index contributed by atoms with van der Waals surface area (Å²) in [6.45, 7) is 6.55. The van der Waals surface area contributed by atoms with Crippen LogP contribution in [0.5, 0.6) is 0 Å². The Morgan fingerprint density at radius 2 is 2.00 bits per heavy atom. The molecule has 0 aromatic heterocycles. The first-order valence-corrected chi connectivity index (χ1v) is 9.30. The molecule has 1 aliphatic carbocycles. The molecule has 0 amide bonds. The molecule has 112 valence electrons. The number of hydrogen-bond donors (Lipinski definition) is 1. The van der Waals surface area contributed by atoms with Crippen molar-refractivity contribution in [3.8, 4) is 0 Å². The third kappa shape index (κ3) is 4.43. The largest absolute Gasteiger partial charge is 0.313 e. The van der Waals surface area contributed by atoms with E-state index in [1.54, 1.807) is 0 Å². The van der Waals surface area contributed by atoms with Crippen LogP contribution in [0.3, 0.4) is 0 Å². The second kappa shape index (κ2) is 5.70. The molecule has 1 aliphatic heterocycles. The molecule has 2 unspecified atom stereocenters. The zero-order valence-corrected chi connectivity index (χ0v) is 13.3. The summed E-state index contributed by atoms with van der Waals surface area (Å²) in [4.78, 5) is 2.27. The minimum atomic E-state index is -2.78. The molecule has 1 saturated heterocycles. The highest BCUT2D eigenvalue weighted by molar-refractivity contribution is 7.91. The van der Waals surface area contributed by atoms with Crippen molar-refractivity contribution in [2.75, 3.05) is 31.6 Å². The van der Waals surface area contributed by atoms with Crippen molar-refractivity contribution in [1.29, 1.82) is 0 Å². The molecule has 0 radical (unpaired) electrons. The van der Waals surface area contributed by atoms with Crippen LogP contribution >= 0.6 is 0 Å². The molecule has 1 saturated carbocycles. The van der Waals surface area contributed by atoms with Gasteiger partial charge in [0.15, 0.2) is 9.84 Å². The summed E-state index contributed by atoms with van der Waals surface area (Å²) in [6.07, 6.45) is 4.55. The molecule has 2 aliphatic rings. The molecule has 1 heterocycles. The van der Waals surface area contributed by atoms with Crippen molar-refractivity contribution < 1.29 is 8.42 Å². The van der Waals surface area contributed by atoms with Gasteiger partial charge in [-0.1, -0.05) is 13.8 Å². The van der Waals surface area contributed by atoms with Crippen LogP contribution in [0.15, 0.2) is 0 Å². The molecule has 0 aromatic rings. The van der Waals surface area contributed by atoms with E-state index in [9.17, 15) is 8.42 Å². The van der Waals surface area contributed by atoms with Crippen molar-refractivity contribution in [3.05, 3.63) is 0 Å². The molecule has 5 heteroatoms. The molecule has 0 spiro atoms. The van der Waals surface area contributed by atoms with Gasteiger partial charge in [0.2, 0.25) is 0 Å². The van der Waals surface area contributed by atoms with Gasteiger partial charge in [0.05, 0.1) is 11.5 Å². The van der Waals surface area contributed by atoms with Gasteiger partial charge in [-0.15, -0.1) is 0 Å². The van der Waals surface area contributed by atoms with Crippen LogP contribution in [0, 0.1) is 5.41 Å². The first-order valence-electron chi connectivity index (χ1n) is 7.48. The van der Waals surface area contributed by atoms with Crippen LogP contribution in [0.4, 0.5) is 0 Å². The average Bonchev–Trinajstić information content (AvgIpc) is 3.10. The maximum Gasteiger partial charge on any atom is 0.151 e.